The van der Waals surface area contributed by atoms with Crippen LogP contribution in [-0.4, -0.2) is 31.7 Å². The van der Waals surface area contributed by atoms with Gasteiger partial charge in [-0.15, -0.1) is 0 Å². The van der Waals surface area contributed by atoms with Gasteiger partial charge in [-0.1, -0.05) is 0 Å². The summed E-state index contributed by atoms with van der Waals surface area (Å²) in [7, 11) is 0. The van der Waals surface area contributed by atoms with Crippen LogP contribution in [-0.2, 0) is 9.53 Å². The van der Waals surface area contributed by atoms with Gasteiger partial charge in [-0.25, -0.2) is 0 Å². The molecule has 0 aromatic heterocycles. The molecular formula is C13H26N2O2. The molecule has 17 heavy (non-hydrogen) atoms. The lowest BCUT2D eigenvalue weighted by Crippen LogP contribution is -2.38. The van der Waals surface area contributed by atoms with Crippen LogP contribution in [0.1, 0.15) is 39.5 Å². The number of hydrogen-bond donors (Lipinski definition) is 2. The number of hydrogen-bond acceptors (Lipinski definition) is 3. The van der Waals surface area contributed by atoms with Crippen molar-refractivity contribution in [2.24, 2.45) is 17.6 Å². The lowest BCUT2D eigenvalue weighted by atomic mass is 9.81. The fourth-order valence-electron chi connectivity index (χ4n) is 2.39. The molecule has 1 saturated carbocycles. The van der Waals surface area contributed by atoms with Crippen LogP contribution in [0.2, 0.25) is 0 Å². The summed E-state index contributed by atoms with van der Waals surface area (Å²) in [5.41, 5.74) is 5.64. The fraction of sp³-hybridized carbons (Fsp3) is 0.923. The van der Waals surface area contributed by atoms with Crippen molar-refractivity contribution in [2.45, 2.75) is 45.6 Å². The Kier molecular flexibility index (Phi) is 6.52. The Hall–Kier alpha value is -0.610. The van der Waals surface area contributed by atoms with Gasteiger partial charge in [-0.05, 0) is 52.0 Å². The number of amides is 1. The molecule has 1 aliphatic carbocycles. The minimum absolute atomic E-state index is 0.101. The van der Waals surface area contributed by atoms with Crippen molar-refractivity contribution in [2.75, 3.05) is 19.7 Å². The molecule has 0 saturated heterocycles. The van der Waals surface area contributed by atoms with E-state index < -0.39 is 0 Å². The van der Waals surface area contributed by atoms with Gasteiger partial charge in [0.25, 0.3) is 0 Å². The molecule has 1 fully saturated rings. The van der Waals surface area contributed by atoms with Gasteiger partial charge in [0, 0.05) is 19.1 Å². The molecule has 1 atom stereocenters. The van der Waals surface area contributed by atoms with Gasteiger partial charge in [0.1, 0.15) is 0 Å². The molecule has 1 rings (SSSR count). The van der Waals surface area contributed by atoms with Gasteiger partial charge in [0.2, 0.25) is 5.91 Å². The number of nitrogens with one attached hydrogen (secondary N) is 1. The summed E-state index contributed by atoms with van der Waals surface area (Å²) < 4.78 is 5.38. The van der Waals surface area contributed by atoms with Crippen molar-refractivity contribution < 1.29 is 9.53 Å². The molecule has 0 aromatic rings. The zero-order chi connectivity index (χ0) is 12.7. The van der Waals surface area contributed by atoms with Crippen LogP contribution < -0.4 is 11.1 Å². The summed E-state index contributed by atoms with van der Waals surface area (Å²) in [5, 5.41) is 2.97. The van der Waals surface area contributed by atoms with Gasteiger partial charge < -0.3 is 15.8 Å². The Morgan fingerprint density at radius 1 is 1.41 bits per heavy atom. The maximum absolute atomic E-state index is 11.9. The molecule has 1 amide bonds. The Morgan fingerprint density at radius 3 is 2.59 bits per heavy atom. The number of carbonyl (C=O) groups excluding carboxylic acids is 1. The zero-order valence-corrected chi connectivity index (χ0v) is 11.1. The van der Waals surface area contributed by atoms with E-state index in [-0.39, 0.29) is 17.9 Å². The average molecular weight is 242 g/mol. The van der Waals surface area contributed by atoms with Gasteiger partial charge in [-0.2, -0.15) is 0 Å². The highest BCUT2D eigenvalue weighted by Gasteiger charge is 2.25. The second-order valence-electron chi connectivity index (χ2n) is 4.96. The quantitative estimate of drug-likeness (QED) is 0.737. The molecule has 0 spiro atoms. The molecule has 1 aliphatic rings. The van der Waals surface area contributed by atoms with E-state index in [0.717, 1.165) is 32.2 Å². The van der Waals surface area contributed by atoms with Crippen LogP contribution in [0.4, 0.5) is 0 Å². The summed E-state index contributed by atoms with van der Waals surface area (Å²) in [6.07, 6.45) is 4.25. The minimum atomic E-state index is 0.101. The van der Waals surface area contributed by atoms with Crippen LogP contribution in [0.5, 0.6) is 0 Å². The minimum Gasteiger partial charge on any atom is -0.377 e. The highest BCUT2D eigenvalue weighted by Crippen LogP contribution is 2.28. The summed E-state index contributed by atoms with van der Waals surface area (Å²) in [5.74, 6) is 1.00. The van der Waals surface area contributed by atoms with Crippen molar-refractivity contribution >= 4 is 5.91 Å². The van der Waals surface area contributed by atoms with E-state index in [1.54, 1.807) is 0 Å². The highest BCUT2D eigenvalue weighted by molar-refractivity contribution is 5.78. The first-order chi connectivity index (χ1) is 8.17. The Labute approximate surface area is 104 Å². The molecule has 100 valence electrons. The van der Waals surface area contributed by atoms with E-state index >= 15 is 0 Å². The van der Waals surface area contributed by atoms with Gasteiger partial charge in [0.05, 0.1) is 6.10 Å². The number of carbonyl (C=O) groups is 1. The van der Waals surface area contributed by atoms with E-state index in [9.17, 15) is 4.79 Å². The molecule has 0 bridgehead atoms. The van der Waals surface area contributed by atoms with Crippen LogP contribution in [0.15, 0.2) is 0 Å². The van der Waals surface area contributed by atoms with Crippen LogP contribution in [0, 0.1) is 11.8 Å². The predicted molar refractivity (Wildman–Crippen MR) is 68.6 cm³/mol. The van der Waals surface area contributed by atoms with E-state index in [1.807, 2.05) is 13.8 Å². The number of nitrogens with two attached hydrogens (primary N) is 1. The molecule has 4 nitrogen and oxygen atoms in total. The van der Waals surface area contributed by atoms with Crippen molar-refractivity contribution in [3.63, 3.8) is 0 Å². The average Bonchev–Trinajstić information content (AvgIpc) is 2.36. The maximum atomic E-state index is 11.9. The second-order valence-corrected chi connectivity index (χ2v) is 4.96. The lowest BCUT2D eigenvalue weighted by molar-refractivity contribution is -0.126. The molecule has 0 aromatic carbocycles. The van der Waals surface area contributed by atoms with Crippen LogP contribution in [0.25, 0.3) is 0 Å². The van der Waals surface area contributed by atoms with Crippen molar-refractivity contribution in [1.82, 2.24) is 5.32 Å². The second kappa shape index (κ2) is 7.67. The zero-order valence-electron chi connectivity index (χ0n) is 11.1. The SMILES string of the molecule is CCOC(C)CNC(=O)C1CCC(CN)CC1. The topological polar surface area (TPSA) is 64.3 Å². The summed E-state index contributed by atoms with van der Waals surface area (Å²) in [6.45, 7) is 6.01. The molecule has 3 N–H and O–H groups in total. The van der Waals surface area contributed by atoms with Crippen LogP contribution >= 0.6 is 0 Å². The summed E-state index contributed by atoms with van der Waals surface area (Å²) in [4.78, 5) is 11.9. The smallest absolute Gasteiger partial charge is 0.223 e. The fourth-order valence-corrected chi connectivity index (χ4v) is 2.39. The first-order valence-corrected chi connectivity index (χ1v) is 6.76. The predicted octanol–water partition coefficient (Wildman–Crippen LogP) is 1.29. The lowest BCUT2D eigenvalue weighted by Gasteiger charge is -2.27. The molecule has 1 unspecified atom stereocenters. The Balaban J connectivity index is 2.20. The number of ether oxygens (including phenoxy) is 1. The molecule has 0 aliphatic heterocycles. The normalized spacial score (nSPS) is 26.5. The van der Waals surface area contributed by atoms with E-state index in [4.69, 9.17) is 10.5 Å². The highest BCUT2D eigenvalue weighted by atomic mass is 16.5. The first kappa shape index (κ1) is 14.5. The Bertz CT molecular complexity index is 225. The van der Waals surface area contributed by atoms with Crippen molar-refractivity contribution in [1.29, 1.82) is 0 Å². The third-order valence-electron chi connectivity index (χ3n) is 3.57. The number of rotatable bonds is 6. The molecular weight excluding hydrogens is 216 g/mol. The van der Waals surface area contributed by atoms with E-state index in [1.165, 1.54) is 0 Å². The van der Waals surface area contributed by atoms with Crippen molar-refractivity contribution in [3.8, 4) is 0 Å². The van der Waals surface area contributed by atoms with E-state index in [2.05, 4.69) is 5.32 Å². The van der Waals surface area contributed by atoms with Crippen molar-refractivity contribution in [3.05, 3.63) is 0 Å². The van der Waals surface area contributed by atoms with Gasteiger partial charge in [-0.3, -0.25) is 4.79 Å². The first-order valence-electron chi connectivity index (χ1n) is 6.76. The standard InChI is InChI=1S/C13H26N2O2/c1-3-17-10(2)9-15-13(16)12-6-4-11(8-14)5-7-12/h10-12H,3-9,14H2,1-2H3,(H,15,16). The maximum Gasteiger partial charge on any atom is 0.223 e. The monoisotopic (exact) mass is 242 g/mol. The molecule has 0 radical (unpaired) electrons. The van der Waals surface area contributed by atoms with E-state index in [0.29, 0.717) is 19.1 Å². The third kappa shape index (κ3) is 5.04. The van der Waals surface area contributed by atoms with Crippen LogP contribution in [0.3, 0.4) is 0 Å². The van der Waals surface area contributed by atoms with Gasteiger partial charge in [0.15, 0.2) is 0 Å². The molecule has 4 heteroatoms. The Morgan fingerprint density at radius 2 is 2.06 bits per heavy atom. The molecule has 0 heterocycles. The largest absolute Gasteiger partial charge is 0.377 e. The summed E-state index contributed by atoms with van der Waals surface area (Å²) in [6, 6.07) is 0. The van der Waals surface area contributed by atoms with Gasteiger partial charge >= 0.3 is 0 Å². The summed E-state index contributed by atoms with van der Waals surface area (Å²) >= 11 is 0. The third-order valence-corrected chi connectivity index (χ3v) is 3.57.